The second-order valence-corrected chi connectivity index (χ2v) is 7.25. The number of rotatable bonds is 3. The fourth-order valence-electron chi connectivity index (χ4n) is 4.33. The Kier molecular flexibility index (Phi) is 5.21. The van der Waals surface area contributed by atoms with E-state index in [-0.39, 0.29) is 23.1 Å². The fourth-order valence-corrected chi connectivity index (χ4v) is 4.33. The monoisotopic (exact) mass is 371 g/mol. The Morgan fingerprint density at radius 1 is 1.25 bits per heavy atom. The van der Waals surface area contributed by atoms with Gasteiger partial charge in [-0.05, 0) is 24.0 Å². The second kappa shape index (κ2) is 7.59. The van der Waals surface area contributed by atoms with Crippen LogP contribution in [0.5, 0.6) is 0 Å². The van der Waals surface area contributed by atoms with Gasteiger partial charge in [0.2, 0.25) is 5.91 Å². The van der Waals surface area contributed by atoms with E-state index < -0.39 is 11.3 Å². The van der Waals surface area contributed by atoms with Crippen LogP contribution in [0.2, 0.25) is 0 Å². The van der Waals surface area contributed by atoms with E-state index in [1.807, 2.05) is 36.4 Å². The number of hydrogen-bond acceptors (Lipinski definition) is 5. The molecular weight excluding hydrogens is 350 g/mol. The highest BCUT2D eigenvalue weighted by Gasteiger charge is 2.53. The van der Waals surface area contributed by atoms with E-state index in [2.05, 4.69) is 18.2 Å². The Hall–Kier alpha value is -3.56. The third-order valence-corrected chi connectivity index (χ3v) is 5.87. The minimum absolute atomic E-state index is 0.0387. The standard InChI is InChI=1S/C22H21N5O/c1-15(28)27-10-9-17-18(11-23)21(26)22(13-24,14-25)20(19(17)12-27)8-7-16-5-3-2-4-6-16/h2-6,9,19-20H,7-8,10,12,26H2,1H3/t19-,20-/m0/s1. The quantitative estimate of drug-likeness (QED) is 0.875. The van der Waals surface area contributed by atoms with Gasteiger partial charge in [0.1, 0.15) is 6.07 Å². The van der Waals surface area contributed by atoms with Crippen molar-refractivity contribution in [2.45, 2.75) is 19.8 Å². The highest BCUT2D eigenvalue weighted by Crippen LogP contribution is 2.50. The number of carbonyl (C=O) groups excluding carboxylic acids is 1. The van der Waals surface area contributed by atoms with E-state index in [4.69, 9.17) is 5.73 Å². The molecule has 28 heavy (non-hydrogen) atoms. The van der Waals surface area contributed by atoms with E-state index in [0.717, 1.165) is 11.1 Å². The molecule has 2 atom stereocenters. The van der Waals surface area contributed by atoms with E-state index >= 15 is 0 Å². The van der Waals surface area contributed by atoms with Crippen LogP contribution in [0.3, 0.4) is 0 Å². The number of hydrogen-bond donors (Lipinski definition) is 1. The van der Waals surface area contributed by atoms with E-state index in [0.29, 0.717) is 25.9 Å². The van der Waals surface area contributed by atoms with Crippen molar-refractivity contribution in [2.75, 3.05) is 13.1 Å². The van der Waals surface area contributed by atoms with E-state index in [1.54, 1.807) is 4.90 Å². The van der Waals surface area contributed by atoms with Crippen LogP contribution in [0.25, 0.3) is 0 Å². The highest BCUT2D eigenvalue weighted by atomic mass is 16.2. The Bertz CT molecular complexity index is 957. The maximum atomic E-state index is 11.9. The number of nitrogens with zero attached hydrogens (tertiary/aromatic N) is 4. The van der Waals surface area contributed by atoms with E-state index in [9.17, 15) is 20.6 Å². The lowest BCUT2D eigenvalue weighted by atomic mass is 9.58. The average Bonchev–Trinajstić information content (AvgIpc) is 2.72. The molecular formula is C22H21N5O. The Balaban J connectivity index is 2.09. The van der Waals surface area contributed by atoms with Crippen molar-refractivity contribution in [2.24, 2.45) is 23.0 Å². The molecule has 0 unspecified atom stereocenters. The molecule has 1 amide bonds. The number of allylic oxidation sites excluding steroid dienone is 2. The third-order valence-electron chi connectivity index (χ3n) is 5.87. The van der Waals surface area contributed by atoms with Gasteiger partial charge in [-0.25, -0.2) is 0 Å². The zero-order valence-corrected chi connectivity index (χ0v) is 15.7. The molecule has 2 aliphatic rings. The first-order valence-corrected chi connectivity index (χ1v) is 9.21. The molecule has 0 spiro atoms. The number of benzene rings is 1. The van der Waals surface area contributed by atoms with Crippen LogP contribution in [0, 0.1) is 51.2 Å². The molecule has 1 aliphatic carbocycles. The van der Waals surface area contributed by atoms with Crippen LogP contribution in [-0.2, 0) is 11.2 Å². The van der Waals surface area contributed by atoms with Crippen LogP contribution in [-0.4, -0.2) is 23.9 Å². The molecule has 0 saturated carbocycles. The maximum Gasteiger partial charge on any atom is 0.219 e. The lowest BCUT2D eigenvalue weighted by Crippen LogP contribution is -2.50. The molecule has 6 heteroatoms. The van der Waals surface area contributed by atoms with Crippen molar-refractivity contribution < 1.29 is 4.79 Å². The lowest BCUT2D eigenvalue weighted by Gasteiger charge is -2.45. The Morgan fingerprint density at radius 2 is 1.93 bits per heavy atom. The molecule has 3 rings (SSSR count). The summed E-state index contributed by atoms with van der Waals surface area (Å²) in [4.78, 5) is 13.6. The summed E-state index contributed by atoms with van der Waals surface area (Å²) < 4.78 is 0. The predicted molar refractivity (Wildman–Crippen MR) is 103 cm³/mol. The van der Waals surface area contributed by atoms with Crippen LogP contribution in [0.15, 0.2) is 53.3 Å². The normalized spacial score (nSPS) is 22.9. The Labute approximate surface area is 164 Å². The fraction of sp³-hybridized carbons (Fsp3) is 0.364. The van der Waals surface area contributed by atoms with Gasteiger partial charge in [-0.1, -0.05) is 36.4 Å². The molecule has 1 heterocycles. The van der Waals surface area contributed by atoms with Crippen LogP contribution >= 0.6 is 0 Å². The SMILES string of the molecule is CC(=O)N1CC=C2C(C#N)=C(N)C(C#N)(C#N)[C@@H](CCc3ccccc3)[C@H]2C1. The van der Waals surface area contributed by atoms with Gasteiger partial charge in [-0.15, -0.1) is 0 Å². The van der Waals surface area contributed by atoms with Gasteiger partial charge in [-0.3, -0.25) is 4.79 Å². The van der Waals surface area contributed by atoms with Gasteiger partial charge in [0.15, 0.2) is 5.41 Å². The molecule has 0 fully saturated rings. The lowest BCUT2D eigenvalue weighted by molar-refractivity contribution is -0.129. The van der Waals surface area contributed by atoms with Crippen molar-refractivity contribution in [1.29, 1.82) is 15.8 Å². The molecule has 140 valence electrons. The van der Waals surface area contributed by atoms with Crippen LogP contribution < -0.4 is 5.73 Å². The van der Waals surface area contributed by atoms with Gasteiger partial charge in [0.05, 0.1) is 23.4 Å². The van der Waals surface area contributed by atoms with Crippen molar-refractivity contribution in [3.05, 3.63) is 58.8 Å². The Morgan fingerprint density at radius 3 is 2.50 bits per heavy atom. The first-order chi connectivity index (χ1) is 13.5. The molecule has 0 radical (unpaired) electrons. The summed E-state index contributed by atoms with van der Waals surface area (Å²) in [6.07, 6.45) is 3.07. The third kappa shape index (κ3) is 3.02. The molecule has 2 N–H and O–H groups in total. The van der Waals surface area contributed by atoms with Crippen molar-refractivity contribution in [3.63, 3.8) is 0 Å². The number of fused-ring (bicyclic) bond motifs is 1. The molecule has 1 aromatic rings. The first kappa shape index (κ1) is 19.2. The summed E-state index contributed by atoms with van der Waals surface area (Å²) in [7, 11) is 0. The summed E-state index contributed by atoms with van der Waals surface area (Å²) in [6, 6.07) is 16.2. The smallest absolute Gasteiger partial charge is 0.219 e. The highest BCUT2D eigenvalue weighted by molar-refractivity contribution is 5.74. The maximum absolute atomic E-state index is 11.9. The molecule has 0 saturated heterocycles. The predicted octanol–water partition coefficient (Wildman–Crippen LogP) is 2.42. The van der Waals surface area contributed by atoms with Gasteiger partial charge in [0, 0.05) is 31.8 Å². The van der Waals surface area contributed by atoms with Gasteiger partial charge in [0.25, 0.3) is 0 Å². The number of carbonyl (C=O) groups is 1. The summed E-state index contributed by atoms with van der Waals surface area (Å²) in [5, 5.41) is 29.6. The average molecular weight is 371 g/mol. The first-order valence-electron chi connectivity index (χ1n) is 9.21. The number of amides is 1. The molecule has 1 aromatic carbocycles. The number of aryl methyl sites for hydroxylation is 1. The number of nitriles is 3. The van der Waals surface area contributed by atoms with Crippen LogP contribution in [0.4, 0.5) is 0 Å². The van der Waals surface area contributed by atoms with E-state index in [1.165, 1.54) is 6.92 Å². The summed E-state index contributed by atoms with van der Waals surface area (Å²) in [5.41, 5.74) is 6.78. The van der Waals surface area contributed by atoms with Crippen molar-refractivity contribution >= 4 is 5.91 Å². The van der Waals surface area contributed by atoms with Gasteiger partial charge in [-0.2, -0.15) is 15.8 Å². The van der Waals surface area contributed by atoms with Crippen LogP contribution in [0.1, 0.15) is 18.9 Å². The summed E-state index contributed by atoms with van der Waals surface area (Å²) in [5.74, 6) is -0.756. The molecule has 1 aliphatic heterocycles. The minimum atomic E-state index is -1.58. The van der Waals surface area contributed by atoms with Crippen molar-refractivity contribution in [3.8, 4) is 18.2 Å². The molecule has 6 nitrogen and oxygen atoms in total. The minimum Gasteiger partial charge on any atom is -0.399 e. The molecule has 0 aromatic heterocycles. The summed E-state index contributed by atoms with van der Waals surface area (Å²) >= 11 is 0. The van der Waals surface area contributed by atoms with Gasteiger partial charge >= 0.3 is 0 Å². The summed E-state index contributed by atoms with van der Waals surface area (Å²) in [6.45, 7) is 2.28. The largest absolute Gasteiger partial charge is 0.399 e. The number of nitrogens with two attached hydrogens (primary N) is 1. The van der Waals surface area contributed by atoms with Crippen molar-refractivity contribution in [1.82, 2.24) is 4.90 Å². The topological polar surface area (TPSA) is 118 Å². The zero-order chi connectivity index (χ0) is 20.3. The second-order valence-electron chi connectivity index (χ2n) is 7.25. The van der Waals surface area contributed by atoms with Gasteiger partial charge < -0.3 is 10.6 Å². The molecule has 0 bridgehead atoms. The zero-order valence-electron chi connectivity index (χ0n) is 15.7.